The third-order valence-corrected chi connectivity index (χ3v) is 2.40. The van der Waals surface area contributed by atoms with E-state index >= 15 is 0 Å². The summed E-state index contributed by atoms with van der Waals surface area (Å²) < 4.78 is 4.68. The minimum atomic E-state index is -1.08. The van der Waals surface area contributed by atoms with Crippen LogP contribution in [0.1, 0.15) is 12.5 Å². The van der Waals surface area contributed by atoms with E-state index in [0.717, 1.165) is 12.1 Å². The number of aromatic hydroxyl groups is 2. The molecule has 19 heavy (non-hydrogen) atoms. The van der Waals surface area contributed by atoms with Gasteiger partial charge < -0.3 is 20.7 Å². The predicted octanol–water partition coefficient (Wildman–Crippen LogP) is 0.439. The number of esters is 1. The average molecular weight is 270 g/mol. The fourth-order valence-electron chi connectivity index (χ4n) is 1.51. The third kappa shape index (κ3) is 3.55. The fourth-order valence-corrected chi connectivity index (χ4v) is 1.51. The molecule has 0 heterocycles. The van der Waals surface area contributed by atoms with E-state index in [9.17, 15) is 25.1 Å². The Morgan fingerprint density at radius 3 is 2.58 bits per heavy atom. The Labute approximate surface area is 108 Å². The summed E-state index contributed by atoms with van der Waals surface area (Å²) in [6.45, 7) is 1.76. The SMILES string of the molecule is CCOC(=O)C(N)Cc1cc(O)c(O)cc1[N+](=O)[O-]. The smallest absolute Gasteiger partial charge is 0.323 e. The number of phenols is 2. The van der Waals surface area contributed by atoms with Crippen LogP contribution in [0.4, 0.5) is 5.69 Å². The van der Waals surface area contributed by atoms with Crippen molar-refractivity contribution in [3.05, 3.63) is 27.8 Å². The summed E-state index contributed by atoms with van der Waals surface area (Å²) in [6, 6.07) is 0.734. The highest BCUT2D eigenvalue weighted by molar-refractivity contribution is 5.76. The number of nitro groups is 1. The Morgan fingerprint density at radius 2 is 2.05 bits per heavy atom. The molecule has 0 saturated heterocycles. The lowest BCUT2D eigenvalue weighted by atomic mass is 10.0. The van der Waals surface area contributed by atoms with Gasteiger partial charge in [0.25, 0.3) is 5.69 Å². The van der Waals surface area contributed by atoms with Crippen LogP contribution in [0.25, 0.3) is 0 Å². The largest absolute Gasteiger partial charge is 0.504 e. The van der Waals surface area contributed by atoms with Crippen molar-refractivity contribution < 1.29 is 24.7 Å². The van der Waals surface area contributed by atoms with Crippen molar-refractivity contribution in [3.8, 4) is 11.5 Å². The van der Waals surface area contributed by atoms with Gasteiger partial charge in [-0.1, -0.05) is 0 Å². The first-order valence-electron chi connectivity index (χ1n) is 5.48. The Morgan fingerprint density at radius 1 is 1.47 bits per heavy atom. The molecular formula is C11H14N2O6. The van der Waals surface area contributed by atoms with Gasteiger partial charge in [0.1, 0.15) is 6.04 Å². The monoisotopic (exact) mass is 270 g/mol. The van der Waals surface area contributed by atoms with Gasteiger partial charge in [-0.05, 0) is 13.0 Å². The topological polar surface area (TPSA) is 136 Å². The maximum Gasteiger partial charge on any atom is 0.323 e. The van der Waals surface area contributed by atoms with Crippen molar-refractivity contribution in [1.82, 2.24) is 0 Å². The van der Waals surface area contributed by atoms with Gasteiger partial charge in [-0.3, -0.25) is 14.9 Å². The van der Waals surface area contributed by atoms with Gasteiger partial charge >= 0.3 is 5.97 Å². The lowest BCUT2D eigenvalue weighted by Crippen LogP contribution is -2.34. The number of hydrogen-bond donors (Lipinski definition) is 3. The standard InChI is InChI=1S/C11H14N2O6/c1-2-19-11(16)7(12)3-6-4-9(14)10(15)5-8(6)13(17)18/h4-5,7,14-15H,2-3,12H2,1H3. The summed E-state index contributed by atoms with van der Waals surface area (Å²) in [7, 11) is 0. The Hall–Kier alpha value is -2.35. The zero-order valence-electron chi connectivity index (χ0n) is 10.2. The molecule has 1 aromatic rings. The number of nitrogens with zero attached hydrogens (tertiary/aromatic N) is 1. The maximum atomic E-state index is 11.4. The highest BCUT2D eigenvalue weighted by Crippen LogP contribution is 2.33. The van der Waals surface area contributed by atoms with Crippen LogP contribution in [0.5, 0.6) is 11.5 Å². The van der Waals surface area contributed by atoms with Crippen LogP contribution in [-0.4, -0.2) is 33.8 Å². The molecule has 104 valence electrons. The van der Waals surface area contributed by atoms with Crippen molar-refractivity contribution in [2.45, 2.75) is 19.4 Å². The number of benzene rings is 1. The van der Waals surface area contributed by atoms with Crippen LogP contribution < -0.4 is 5.73 Å². The number of ether oxygens (including phenoxy) is 1. The summed E-state index contributed by atoms with van der Waals surface area (Å²) in [5, 5.41) is 29.4. The van der Waals surface area contributed by atoms with Gasteiger partial charge in [-0.15, -0.1) is 0 Å². The highest BCUT2D eigenvalue weighted by Gasteiger charge is 2.23. The van der Waals surface area contributed by atoms with Crippen molar-refractivity contribution >= 4 is 11.7 Å². The molecule has 1 unspecified atom stereocenters. The van der Waals surface area contributed by atoms with Crippen molar-refractivity contribution in [2.75, 3.05) is 6.61 Å². The minimum Gasteiger partial charge on any atom is -0.504 e. The quantitative estimate of drug-likeness (QED) is 0.305. The number of rotatable bonds is 5. The molecule has 1 rings (SSSR count). The minimum absolute atomic E-state index is 0.0425. The number of carbonyl (C=O) groups is 1. The zero-order valence-corrected chi connectivity index (χ0v) is 10.2. The van der Waals surface area contributed by atoms with Gasteiger partial charge in [0.2, 0.25) is 0 Å². The van der Waals surface area contributed by atoms with Crippen LogP contribution in [0.15, 0.2) is 12.1 Å². The van der Waals surface area contributed by atoms with E-state index in [1.54, 1.807) is 6.92 Å². The molecule has 0 spiro atoms. The number of nitro benzene ring substituents is 1. The molecule has 1 aromatic carbocycles. The zero-order chi connectivity index (χ0) is 14.6. The molecule has 0 bridgehead atoms. The molecule has 0 aliphatic rings. The molecule has 0 saturated carbocycles. The van der Waals surface area contributed by atoms with Gasteiger partial charge in [-0.2, -0.15) is 0 Å². The van der Waals surface area contributed by atoms with Crippen LogP contribution >= 0.6 is 0 Å². The van der Waals surface area contributed by atoms with Crippen LogP contribution in [-0.2, 0) is 16.0 Å². The first-order chi connectivity index (χ1) is 8.86. The van der Waals surface area contributed by atoms with Crippen molar-refractivity contribution in [3.63, 3.8) is 0 Å². The number of nitrogens with two attached hydrogens (primary N) is 1. The lowest BCUT2D eigenvalue weighted by molar-refractivity contribution is -0.385. The predicted molar refractivity (Wildman–Crippen MR) is 64.7 cm³/mol. The van der Waals surface area contributed by atoms with Crippen molar-refractivity contribution in [2.24, 2.45) is 5.73 Å². The van der Waals surface area contributed by atoms with Crippen LogP contribution in [0.2, 0.25) is 0 Å². The van der Waals surface area contributed by atoms with Gasteiger partial charge in [0.05, 0.1) is 17.6 Å². The van der Waals surface area contributed by atoms with E-state index in [1.807, 2.05) is 0 Å². The van der Waals surface area contributed by atoms with Gasteiger partial charge in [0, 0.05) is 12.0 Å². The van der Waals surface area contributed by atoms with Gasteiger partial charge in [-0.25, -0.2) is 0 Å². The molecule has 0 aromatic heterocycles. The number of hydrogen-bond acceptors (Lipinski definition) is 7. The Bertz CT molecular complexity index is 502. The second-order valence-corrected chi connectivity index (χ2v) is 3.79. The number of phenolic OH excluding ortho intramolecular Hbond substituents is 2. The Kier molecular flexibility index (Phi) is 4.65. The van der Waals surface area contributed by atoms with E-state index in [2.05, 4.69) is 4.74 Å². The second-order valence-electron chi connectivity index (χ2n) is 3.79. The van der Waals surface area contributed by atoms with E-state index < -0.39 is 34.1 Å². The summed E-state index contributed by atoms with van der Waals surface area (Å²) in [5.74, 6) is -1.82. The summed E-state index contributed by atoms with van der Waals surface area (Å²) in [6.07, 6.45) is -0.178. The van der Waals surface area contributed by atoms with E-state index in [0.29, 0.717) is 0 Å². The molecule has 0 fully saturated rings. The van der Waals surface area contributed by atoms with Crippen LogP contribution in [0, 0.1) is 10.1 Å². The molecule has 8 nitrogen and oxygen atoms in total. The molecule has 0 amide bonds. The Balaban J connectivity index is 3.03. The summed E-state index contributed by atoms with van der Waals surface area (Å²) in [5.41, 5.74) is 5.17. The first-order valence-corrected chi connectivity index (χ1v) is 5.48. The first kappa shape index (κ1) is 14.7. The molecule has 8 heteroatoms. The summed E-state index contributed by atoms with van der Waals surface area (Å²) in [4.78, 5) is 21.4. The van der Waals surface area contributed by atoms with Gasteiger partial charge in [0.15, 0.2) is 11.5 Å². The second kappa shape index (κ2) is 6.01. The normalized spacial score (nSPS) is 11.9. The molecule has 0 radical (unpaired) electrons. The van der Waals surface area contributed by atoms with Crippen LogP contribution in [0.3, 0.4) is 0 Å². The number of carbonyl (C=O) groups excluding carboxylic acids is 1. The molecule has 4 N–H and O–H groups in total. The fraction of sp³-hybridized carbons (Fsp3) is 0.364. The van der Waals surface area contributed by atoms with E-state index in [4.69, 9.17) is 5.73 Å². The summed E-state index contributed by atoms with van der Waals surface area (Å²) >= 11 is 0. The molecular weight excluding hydrogens is 256 g/mol. The van der Waals surface area contributed by atoms with E-state index in [1.165, 1.54) is 0 Å². The lowest BCUT2D eigenvalue weighted by Gasteiger charge is -2.11. The van der Waals surface area contributed by atoms with E-state index in [-0.39, 0.29) is 18.6 Å². The maximum absolute atomic E-state index is 11.4. The molecule has 1 atom stereocenters. The average Bonchev–Trinajstić information content (AvgIpc) is 2.33. The highest BCUT2D eigenvalue weighted by atomic mass is 16.6. The van der Waals surface area contributed by atoms with Crippen molar-refractivity contribution in [1.29, 1.82) is 0 Å². The third-order valence-electron chi connectivity index (χ3n) is 2.40. The molecule has 0 aliphatic heterocycles. The molecule has 0 aliphatic carbocycles.